The van der Waals surface area contributed by atoms with Crippen LogP contribution < -0.4 is 9.47 Å². The average molecular weight is 335 g/mol. The molecule has 1 aromatic carbocycles. The summed E-state index contributed by atoms with van der Waals surface area (Å²) < 4.78 is 11.4. The topological polar surface area (TPSA) is 68.7 Å². The number of hydrogen-bond donors (Lipinski definition) is 1. The van der Waals surface area contributed by atoms with Crippen molar-refractivity contribution in [2.75, 3.05) is 13.2 Å². The van der Waals surface area contributed by atoms with E-state index in [1.807, 2.05) is 25.1 Å². The van der Waals surface area contributed by atoms with E-state index in [4.69, 9.17) is 14.6 Å². The fourth-order valence-electron chi connectivity index (χ4n) is 2.07. The minimum Gasteiger partial charge on any atom is -0.490 e. The Morgan fingerprint density at radius 2 is 2.04 bits per heavy atom. The second-order valence-electron chi connectivity index (χ2n) is 4.99. The van der Waals surface area contributed by atoms with Crippen LogP contribution in [0.5, 0.6) is 11.5 Å². The molecule has 1 heterocycles. The lowest BCUT2D eigenvalue weighted by molar-refractivity contribution is 0.0691. The Balaban J connectivity index is 2.18. The van der Waals surface area contributed by atoms with Gasteiger partial charge in [0.2, 0.25) is 0 Å². The molecule has 0 amide bonds. The number of carboxylic acid groups (broad SMARTS) is 1. The number of carboxylic acids is 1. The van der Waals surface area contributed by atoms with E-state index < -0.39 is 5.97 Å². The maximum atomic E-state index is 10.9. The van der Waals surface area contributed by atoms with E-state index >= 15 is 0 Å². The first-order valence-electron chi connectivity index (χ1n) is 7.74. The zero-order chi connectivity index (χ0) is 16.7. The van der Waals surface area contributed by atoms with Crippen molar-refractivity contribution in [2.24, 2.45) is 0 Å². The van der Waals surface area contributed by atoms with E-state index in [0.29, 0.717) is 29.7 Å². The number of ether oxygens (including phenoxy) is 2. The molecule has 1 N–H and O–H groups in total. The molecular weight excluding hydrogens is 314 g/mol. The van der Waals surface area contributed by atoms with Crippen LogP contribution in [0.25, 0.3) is 10.6 Å². The fourth-order valence-corrected chi connectivity index (χ4v) is 2.86. The summed E-state index contributed by atoms with van der Waals surface area (Å²) >= 11 is 1.30. The van der Waals surface area contributed by atoms with Crippen molar-refractivity contribution in [1.82, 2.24) is 4.98 Å². The Bertz CT molecular complexity index is 654. The van der Waals surface area contributed by atoms with Gasteiger partial charge in [-0.1, -0.05) is 19.8 Å². The van der Waals surface area contributed by atoms with Crippen LogP contribution in [-0.2, 0) is 0 Å². The number of nitrogens with zero attached hydrogens (tertiary/aromatic N) is 1. The van der Waals surface area contributed by atoms with Gasteiger partial charge in [-0.05, 0) is 31.5 Å². The van der Waals surface area contributed by atoms with Gasteiger partial charge in [0.1, 0.15) is 5.01 Å². The first kappa shape index (κ1) is 17.3. The third kappa shape index (κ3) is 4.69. The van der Waals surface area contributed by atoms with Crippen molar-refractivity contribution in [2.45, 2.75) is 33.1 Å². The molecule has 6 heteroatoms. The Morgan fingerprint density at radius 3 is 2.70 bits per heavy atom. The second-order valence-corrected chi connectivity index (χ2v) is 5.85. The lowest BCUT2D eigenvalue weighted by Gasteiger charge is -2.12. The van der Waals surface area contributed by atoms with Crippen LogP contribution in [0.2, 0.25) is 0 Å². The van der Waals surface area contributed by atoms with Gasteiger partial charge in [-0.3, -0.25) is 0 Å². The Labute approximate surface area is 139 Å². The summed E-state index contributed by atoms with van der Waals surface area (Å²) in [6, 6.07) is 5.58. The molecule has 0 fully saturated rings. The van der Waals surface area contributed by atoms with Crippen molar-refractivity contribution < 1.29 is 19.4 Å². The normalized spacial score (nSPS) is 10.5. The van der Waals surface area contributed by atoms with Gasteiger partial charge in [-0.2, -0.15) is 0 Å². The van der Waals surface area contributed by atoms with Crippen LogP contribution in [0.15, 0.2) is 23.6 Å². The van der Waals surface area contributed by atoms with Crippen molar-refractivity contribution >= 4 is 17.3 Å². The molecule has 0 unspecified atom stereocenters. The molecule has 5 nitrogen and oxygen atoms in total. The molecule has 2 rings (SSSR count). The first-order valence-corrected chi connectivity index (χ1v) is 8.62. The molecular formula is C17H21NO4S. The third-order valence-electron chi connectivity index (χ3n) is 3.22. The molecule has 0 atom stereocenters. The third-order valence-corrected chi connectivity index (χ3v) is 4.11. The predicted molar refractivity (Wildman–Crippen MR) is 90.7 cm³/mol. The van der Waals surface area contributed by atoms with E-state index in [1.165, 1.54) is 16.7 Å². The van der Waals surface area contributed by atoms with E-state index in [-0.39, 0.29) is 5.69 Å². The number of unbranched alkanes of at least 4 members (excludes halogenated alkanes) is 2. The quantitative estimate of drug-likeness (QED) is 0.684. The van der Waals surface area contributed by atoms with Crippen molar-refractivity contribution in [3.05, 3.63) is 29.3 Å². The SMILES string of the molecule is CCCCCOc1ccc(-c2nc(C(=O)O)cs2)cc1OCC. The van der Waals surface area contributed by atoms with E-state index in [0.717, 1.165) is 24.8 Å². The number of rotatable bonds is 9. The zero-order valence-electron chi connectivity index (χ0n) is 13.4. The number of hydrogen-bond acceptors (Lipinski definition) is 5. The smallest absolute Gasteiger partial charge is 0.355 e. The zero-order valence-corrected chi connectivity index (χ0v) is 14.2. The fraction of sp³-hybridized carbons (Fsp3) is 0.412. The molecule has 23 heavy (non-hydrogen) atoms. The predicted octanol–water partition coefficient (Wildman–Crippen LogP) is 4.48. The molecule has 0 aliphatic heterocycles. The number of benzene rings is 1. The highest BCUT2D eigenvalue weighted by atomic mass is 32.1. The molecule has 0 radical (unpaired) electrons. The van der Waals surface area contributed by atoms with Crippen molar-refractivity contribution in [3.8, 4) is 22.1 Å². The van der Waals surface area contributed by atoms with Gasteiger partial charge in [0.15, 0.2) is 17.2 Å². The Hall–Kier alpha value is -2.08. The highest BCUT2D eigenvalue weighted by Gasteiger charge is 2.13. The summed E-state index contributed by atoms with van der Waals surface area (Å²) in [4.78, 5) is 15.1. The van der Waals surface area contributed by atoms with Gasteiger partial charge in [0.25, 0.3) is 0 Å². The molecule has 0 bridgehead atoms. The van der Waals surface area contributed by atoms with Crippen LogP contribution >= 0.6 is 11.3 Å². The van der Waals surface area contributed by atoms with E-state index in [9.17, 15) is 4.79 Å². The lowest BCUT2D eigenvalue weighted by Crippen LogP contribution is -2.01. The molecule has 0 saturated heterocycles. The van der Waals surface area contributed by atoms with Gasteiger partial charge in [-0.15, -0.1) is 11.3 Å². The minimum absolute atomic E-state index is 0.0582. The van der Waals surface area contributed by atoms with Crippen LogP contribution in [-0.4, -0.2) is 29.3 Å². The van der Waals surface area contributed by atoms with Crippen LogP contribution in [0.1, 0.15) is 43.6 Å². The van der Waals surface area contributed by atoms with Crippen molar-refractivity contribution in [1.29, 1.82) is 0 Å². The molecule has 2 aromatic rings. The maximum Gasteiger partial charge on any atom is 0.355 e. The van der Waals surface area contributed by atoms with E-state index in [2.05, 4.69) is 11.9 Å². The number of thiazole rings is 1. The maximum absolute atomic E-state index is 10.9. The summed E-state index contributed by atoms with van der Waals surface area (Å²) in [5.41, 5.74) is 0.884. The molecule has 0 saturated carbocycles. The Morgan fingerprint density at radius 1 is 1.22 bits per heavy atom. The molecule has 0 aliphatic rings. The number of carbonyl (C=O) groups is 1. The lowest BCUT2D eigenvalue weighted by atomic mass is 10.2. The standard InChI is InChI=1S/C17H21NO4S/c1-3-5-6-9-22-14-8-7-12(10-15(14)21-4-2)16-18-13(11-23-16)17(19)20/h7-8,10-11H,3-6,9H2,1-2H3,(H,19,20). The first-order chi connectivity index (χ1) is 11.2. The van der Waals surface area contributed by atoms with Gasteiger partial charge < -0.3 is 14.6 Å². The second kappa shape index (κ2) is 8.53. The largest absolute Gasteiger partial charge is 0.490 e. The number of aromatic carboxylic acids is 1. The molecule has 0 aliphatic carbocycles. The molecule has 124 valence electrons. The summed E-state index contributed by atoms with van der Waals surface area (Å²) in [5, 5.41) is 11.2. The summed E-state index contributed by atoms with van der Waals surface area (Å²) in [6.45, 7) is 5.26. The average Bonchev–Trinajstić information content (AvgIpc) is 3.03. The van der Waals surface area contributed by atoms with Crippen LogP contribution in [0.3, 0.4) is 0 Å². The molecule has 0 spiro atoms. The van der Waals surface area contributed by atoms with E-state index in [1.54, 1.807) is 0 Å². The van der Waals surface area contributed by atoms with Crippen LogP contribution in [0, 0.1) is 0 Å². The summed E-state index contributed by atoms with van der Waals surface area (Å²) in [7, 11) is 0. The summed E-state index contributed by atoms with van der Waals surface area (Å²) in [6.07, 6.45) is 3.30. The van der Waals surface area contributed by atoms with Crippen molar-refractivity contribution in [3.63, 3.8) is 0 Å². The minimum atomic E-state index is -1.02. The van der Waals surface area contributed by atoms with Gasteiger partial charge >= 0.3 is 5.97 Å². The van der Waals surface area contributed by atoms with Gasteiger partial charge in [0.05, 0.1) is 13.2 Å². The summed E-state index contributed by atoms with van der Waals surface area (Å²) in [5.74, 6) is 0.351. The van der Waals surface area contributed by atoms with Gasteiger partial charge in [0, 0.05) is 10.9 Å². The monoisotopic (exact) mass is 335 g/mol. The molecule has 1 aromatic heterocycles. The van der Waals surface area contributed by atoms with Crippen LogP contribution in [0.4, 0.5) is 0 Å². The highest BCUT2D eigenvalue weighted by molar-refractivity contribution is 7.13. The highest BCUT2D eigenvalue weighted by Crippen LogP contribution is 2.34. The van der Waals surface area contributed by atoms with Gasteiger partial charge in [-0.25, -0.2) is 9.78 Å². The Kier molecular flexibility index (Phi) is 6.40. The number of aromatic nitrogens is 1.